The van der Waals surface area contributed by atoms with Crippen LogP contribution < -0.4 is 15.6 Å². The third-order valence-electron chi connectivity index (χ3n) is 2.66. The first-order valence-electron chi connectivity index (χ1n) is 6.28. The van der Waals surface area contributed by atoms with Crippen LogP contribution in [-0.2, 0) is 14.8 Å². The predicted molar refractivity (Wildman–Crippen MR) is 81.1 cm³/mol. The highest BCUT2D eigenvalue weighted by Crippen LogP contribution is 2.14. The molecule has 2 aromatic carbocycles. The van der Waals surface area contributed by atoms with E-state index in [2.05, 4.69) is 15.6 Å². The van der Waals surface area contributed by atoms with E-state index in [0.717, 1.165) is 0 Å². The molecule has 0 bridgehead atoms. The molecule has 0 spiro atoms. The van der Waals surface area contributed by atoms with Crippen LogP contribution >= 0.6 is 0 Å². The maximum Gasteiger partial charge on any atom is 0.257 e. The second kappa shape index (κ2) is 6.54. The Bertz CT molecular complexity index is 759. The lowest BCUT2D eigenvalue weighted by Gasteiger charge is -2.10. The number of sulfonamides is 1. The number of nitrogens with one attached hydrogen (secondary N) is 3. The van der Waals surface area contributed by atoms with Crippen LogP contribution in [-0.4, -0.2) is 14.3 Å². The summed E-state index contributed by atoms with van der Waals surface area (Å²) in [6.07, 6.45) is 0. The Balaban J connectivity index is 2.06. The average Bonchev–Trinajstić information content (AvgIpc) is 2.47. The van der Waals surface area contributed by atoms with Gasteiger partial charge in [-0.25, -0.2) is 12.8 Å². The molecule has 0 saturated carbocycles. The summed E-state index contributed by atoms with van der Waals surface area (Å²) in [6, 6.07) is 10.9. The number of halogens is 1. The third kappa shape index (κ3) is 4.27. The first kappa shape index (κ1) is 15.9. The summed E-state index contributed by atoms with van der Waals surface area (Å²) in [6.45, 7) is 1.36. The van der Waals surface area contributed by atoms with Crippen molar-refractivity contribution in [2.75, 3.05) is 10.7 Å². The minimum Gasteiger partial charge on any atom is -0.326 e. The molecule has 0 radical (unpaired) electrons. The van der Waals surface area contributed by atoms with E-state index < -0.39 is 15.8 Å². The van der Waals surface area contributed by atoms with Gasteiger partial charge < -0.3 is 10.7 Å². The SMILES string of the molecule is CC(=O)Nc1ccc(S(=O)(=O)NNc2ccc(F)cc2)cc1. The van der Waals surface area contributed by atoms with Crippen molar-refractivity contribution in [1.82, 2.24) is 4.83 Å². The Morgan fingerprint density at radius 3 is 2.05 bits per heavy atom. The van der Waals surface area contributed by atoms with Crippen LogP contribution in [0.25, 0.3) is 0 Å². The van der Waals surface area contributed by atoms with Crippen molar-refractivity contribution in [1.29, 1.82) is 0 Å². The molecule has 0 saturated heterocycles. The van der Waals surface area contributed by atoms with E-state index in [9.17, 15) is 17.6 Å². The van der Waals surface area contributed by atoms with Gasteiger partial charge in [0.05, 0.1) is 4.90 Å². The molecule has 0 aromatic heterocycles. The molecule has 22 heavy (non-hydrogen) atoms. The summed E-state index contributed by atoms with van der Waals surface area (Å²) in [5.41, 5.74) is 3.38. The molecule has 0 aliphatic carbocycles. The standard InChI is InChI=1S/C14H14FN3O3S/c1-10(19)16-12-6-8-14(9-7-12)22(20,21)18-17-13-4-2-11(15)3-5-13/h2-9,17-18H,1H3,(H,16,19). The zero-order valence-electron chi connectivity index (χ0n) is 11.6. The van der Waals surface area contributed by atoms with Crippen molar-refractivity contribution in [2.45, 2.75) is 11.8 Å². The number of hydrazine groups is 1. The second-order valence-corrected chi connectivity index (χ2v) is 6.13. The van der Waals surface area contributed by atoms with Crippen molar-refractivity contribution in [3.05, 3.63) is 54.3 Å². The average molecular weight is 323 g/mol. The van der Waals surface area contributed by atoms with E-state index in [1.165, 1.54) is 55.5 Å². The van der Waals surface area contributed by atoms with Gasteiger partial charge in [-0.1, -0.05) is 0 Å². The van der Waals surface area contributed by atoms with Crippen molar-refractivity contribution >= 4 is 27.3 Å². The molecule has 0 aliphatic heterocycles. The Kier molecular flexibility index (Phi) is 4.74. The highest BCUT2D eigenvalue weighted by atomic mass is 32.2. The van der Waals surface area contributed by atoms with E-state index in [-0.39, 0.29) is 10.8 Å². The smallest absolute Gasteiger partial charge is 0.257 e. The lowest BCUT2D eigenvalue weighted by atomic mass is 10.3. The van der Waals surface area contributed by atoms with E-state index in [0.29, 0.717) is 11.4 Å². The van der Waals surface area contributed by atoms with Gasteiger partial charge in [0.2, 0.25) is 5.91 Å². The van der Waals surface area contributed by atoms with Gasteiger partial charge >= 0.3 is 0 Å². The molecule has 6 nitrogen and oxygen atoms in total. The molecular formula is C14H14FN3O3S. The quantitative estimate of drug-likeness (QED) is 0.735. The maximum atomic E-state index is 12.8. The molecule has 2 rings (SSSR count). The molecule has 8 heteroatoms. The largest absolute Gasteiger partial charge is 0.326 e. The van der Waals surface area contributed by atoms with Crippen LogP contribution in [0.15, 0.2) is 53.4 Å². The molecule has 0 heterocycles. The molecule has 2 aromatic rings. The van der Waals surface area contributed by atoms with Gasteiger partial charge in [0.15, 0.2) is 0 Å². The molecular weight excluding hydrogens is 309 g/mol. The number of carbonyl (C=O) groups excluding carboxylic acids is 1. The van der Waals surface area contributed by atoms with E-state index >= 15 is 0 Å². The van der Waals surface area contributed by atoms with Gasteiger partial charge in [0.25, 0.3) is 10.0 Å². The van der Waals surface area contributed by atoms with Crippen molar-refractivity contribution in [3.63, 3.8) is 0 Å². The number of benzene rings is 2. The van der Waals surface area contributed by atoms with Crippen LogP contribution in [0.5, 0.6) is 0 Å². The van der Waals surface area contributed by atoms with Gasteiger partial charge in [-0.15, -0.1) is 4.83 Å². The summed E-state index contributed by atoms with van der Waals surface area (Å²) < 4.78 is 36.9. The monoisotopic (exact) mass is 323 g/mol. The molecule has 0 fully saturated rings. The number of rotatable bonds is 5. The van der Waals surface area contributed by atoms with Gasteiger partial charge in [0, 0.05) is 18.3 Å². The Hall–Kier alpha value is -2.45. The second-order valence-electron chi connectivity index (χ2n) is 4.44. The van der Waals surface area contributed by atoms with Gasteiger partial charge in [0.1, 0.15) is 5.82 Å². The van der Waals surface area contributed by atoms with Crippen molar-refractivity contribution in [3.8, 4) is 0 Å². The van der Waals surface area contributed by atoms with Crippen LogP contribution in [0.4, 0.5) is 15.8 Å². The normalized spacial score (nSPS) is 11.0. The molecule has 0 aliphatic rings. The van der Waals surface area contributed by atoms with E-state index in [1.807, 2.05) is 0 Å². The van der Waals surface area contributed by atoms with Crippen molar-refractivity contribution < 1.29 is 17.6 Å². The van der Waals surface area contributed by atoms with Crippen LogP contribution in [0.3, 0.4) is 0 Å². The van der Waals surface area contributed by atoms with Crippen LogP contribution in [0, 0.1) is 5.82 Å². The molecule has 0 atom stereocenters. The fourth-order valence-electron chi connectivity index (χ4n) is 1.64. The highest BCUT2D eigenvalue weighted by Gasteiger charge is 2.13. The van der Waals surface area contributed by atoms with E-state index in [4.69, 9.17) is 0 Å². The van der Waals surface area contributed by atoms with Gasteiger partial charge in [-0.3, -0.25) is 4.79 Å². The zero-order valence-corrected chi connectivity index (χ0v) is 12.4. The van der Waals surface area contributed by atoms with Gasteiger partial charge in [-0.05, 0) is 48.5 Å². The first-order chi connectivity index (χ1) is 10.4. The minimum absolute atomic E-state index is 0.0243. The fourth-order valence-corrected chi connectivity index (χ4v) is 2.50. The van der Waals surface area contributed by atoms with Crippen LogP contribution in [0.2, 0.25) is 0 Å². The Labute approximate surface area is 127 Å². The maximum absolute atomic E-state index is 12.8. The molecule has 116 valence electrons. The topological polar surface area (TPSA) is 87.3 Å². The summed E-state index contributed by atoms with van der Waals surface area (Å²) in [4.78, 5) is 13.1. The fraction of sp³-hybridized carbons (Fsp3) is 0.0714. The first-order valence-corrected chi connectivity index (χ1v) is 7.76. The summed E-state index contributed by atoms with van der Waals surface area (Å²) in [7, 11) is -3.78. The highest BCUT2D eigenvalue weighted by molar-refractivity contribution is 7.89. The zero-order chi connectivity index (χ0) is 16.2. The Morgan fingerprint density at radius 2 is 1.50 bits per heavy atom. The summed E-state index contributed by atoms with van der Waals surface area (Å²) >= 11 is 0. The number of anilines is 2. The molecule has 0 unspecified atom stereocenters. The van der Waals surface area contributed by atoms with Crippen molar-refractivity contribution in [2.24, 2.45) is 0 Å². The van der Waals surface area contributed by atoms with Crippen LogP contribution in [0.1, 0.15) is 6.92 Å². The Morgan fingerprint density at radius 1 is 0.955 bits per heavy atom. The minimum atomic E-state index is -3.78. The van der Waals surface area contributed by atoms with Gasteiger partial charge in [-0.2, -0.15) is 0 Å². The predicted octanol–water partition coefficient (Wildman–Crippen LogP) is 2.09. The number of hydrogen-bond acceptors (Lipinski definition) is 4. The molecule has 1 amide bonds. The lowest BCUT2D eigenvalue weighted by Crippen LogP contribution is -2.29. The summed E-state index contributed by atoms with van der Waals surface area (Å²) in [5.74, 6) is -0.659. The third-order valence-corrected chi connectivity index (χ3v) is 3.92. The summed E-state index contributed by atoms with van der Waals surface area (Å²) in [5, 5.41) is 2.54. The number of hydrogen-bond donors (Lipinski definition) is 3. The number of amides is 1. The number of carbonyl (C=O) groups is 1. The lowest BCUT2D eigenvalue weighted by molar-refractivity contribution is -0.114. The molecule has 3 N–H and O–H groups in total. The van der Waals surface area contributed by atoms with E-state index in [1.54, 1.807) is 0 Å².